The molecule has 0 saturated heterocycles. The van der Waals surface area contributed by atoms with Crippen molar-refractivity contribution in [2.75, 3.05) is 6.54 Å². The standard InChI is InChI=1S/C22H21N3O/c26-16-23-13-5-10-22-24-20-8-3-4-9-21(20)25(22)15-17-11-12-18-6-1-2-7-19(18)14-17/h1-4,6-9,11-12,14,16H,5,10,13,15H2,(H,23,26). The molecule has 130 valence electrons. The first kappa shape index (κ1) is 16.3. The fourth-order valence-corrected chi connectivity index (χ4v) is 3.42. The molecule has 0 bridgehead atoms. The SMILES string of the molecule is O=CNCCCc1nc2ccccc2n1Cc1ccc2ccccc2c1. The van der Waals surface area contributed by atoms with Crippen molar-refractivity contribution in [3.63, 3.8) is 0 Å². The van der Waals surface area contributed by atoms with Gasteiger partial charge < -0.3 is 9.88 Å². The van der Waals surface area contributed by atoms with Crippen molar-refractivity contribution in [3.05, 3.63) is 78.1 Å². The van der Waals surface area contributed by atoms with Gasteiger partial charge in [-0.1, -0.05) is 48.5 Å². The van der Waals surface area contributed by atoms with Crippen molar-refractivity contribution >= 4 is 28.2 Å². The summed E-state index contributed by atoms with van der Waals surface area (Å²) in [5, 5.41) is 5.24. The number of amides is 1. The van der Waals surface area contributed by atoms with E-state index in [1.54, 1.807) is 0 Å². The van der Waals surface area contributed by atoms with Gasteiger partial charge in [0, 0.05) is 19.5 Å². The lowest BCUT2D eigenvalue weighted by Gasteiger charge is -2.10. The van der Waals surface area contributed by atoms with Crippen LogP contribution in [0, 0.1) is 0 Å². The van der Waals surface area contributed by atoms with Crippen LogP contribution in [-0.2, 0) is 17.8 Å². The molecular formula is C22H21N3O. The van der Waals surface area contributed by atoms with Crippen molar-refractivity contribution in [1.29, 1.82) is 0 Å². The molecule has 1 N–H and O–H groups in total. The van der Waals surface area contributed by atoms with Crippen LogP contribution >= 0.6 is 0 Å². The molecule has 4 rings (SSSR count). The molecular weight excluding hydrogens is 322 g/mol. The third-order valence-electron chi connectivity index (χ3n) is 4.69. The molecule has 0 unspecified atom stereocenters. The summed E-state index contributed by atoms with van der Waals surface area (Å²) in [7, 11) is 0. The molecule has 0 radical (unpaired) electrons. The van der Waals surface area contributed by atoms with Gasteiger partial charge in [-0.05, 0) is 41.0 Å². The van der Waals surface area contributed by atoms with Gasteiger partial charge in [0.1, 0.15) is 5.82 Å². The van der Waals surface area contributed by atoms with E-state index in [1.807, 2.05) is 6.07 Å². The molecule has 4 aromatic rings. The van der Waals surface area contributed by atoms with Crippen molar-refractivity contribution in [1.82, 2.24) is 14.9 Å². The van der Waals surface area contributed by atoms with E-state index in [1.165, 1.54) is 16.3 Å². The smallest absolute Gasteiger partial charge is 0.207 e. The van der Waals surface area contributed by atoms with E-state index in [9.17, 15) is 4.79 Å². The van der Waals surface area contributed by atoms with Crippen LogP contribution in [0.15, 0.2) is 66.7 Å². The Balaban J connectivity index is 1.67. The summed E-state index contributed by atoms with van der Waals surface area (Å²) in [6, 6.07) is 23.3. The summed E-state index contributed by atoms with van der Waals surface area (Å²) in [6.07, 6.45) is 2.46. The molecule has 0 saturated carbocycles. The van der Waals surface area contributed by atoms with Crippen molar-refractivity contribution in [2.24, 2.45) is 0 Å². The topological polar surface area (TPSA) is 46.9 Å². The minimum absolute atomic E-state index is 0.669. The summed E-state index contributed by atoms with van der Waals surface area (Å²) in [5.41, 5.74) is 3.43. The van der Waals surface area contributed by atoms with Crippen LogP contribution in [0.2, 0.25) is 0 Å². The monoisotopic (exact) mass is 343 g/mol. The van der Waals surface area contributed by atoms with Crippen LogP contribution in [0.3, 0.4) is 0 Å². The first-order valence-electron chi connectivity index (χ1n) is 8.94. The number of aryl methyl sites for hydroxylation is 1. The van der Waals surface area contributed by atoms with Crippen molar-refractivity contribution < 1.29 is 4.79 Å². The summed E-state index contributed by atoms with van der Waals surface area (Å²) in [6.45, 7) is 1.46. The molecule has 0 aliphatic carbocycles. The Labute approximate surface area is 152 Å². The number of fused-ring (bicyclic) bond motifs is 2. The van der Waals surface area contributed by atoms with E-state index in [2.05, 4.69) is 70.5 Å². The fourth-order valence-electron chi connectivity index (χ4n) is 3.42. The molecule has 4 nitrogen and oxygen atoms in total. The highest BCUT2D eigenvalue weighted by atomic mass is 16.1. The summed E-state index contributed by atoms with van der Waals surface area (Å²) in [5.74, 6) is 1.06. The van der Waals surface area contributed by atoms with Gasteiger partial charge in [-0.25, -0.2) is 4.98 Å². The molecule has 1 aromatic heterocycles. The Hall–Kier alpha value is -3.14. The van der Waals surface area contributed by atoms with E-state index in [4.69, 9.17) is 4.98 Å². The van der Waals surface area contributed by atoms with Crippen LogP contribution in [0.5, 0.6) is 0 Å². The summed E-state index contributed by atoms with van der Waals surface area (Å²) < 4.78 is 2.29. The van der Waals surface area contributed by atoms with Crippen LogP contribution in [0.25, 0.3) is 21.8 Å². The van der Waals surface area contributed by atoms with Crippen LogP contribution in [-0.4, -0.2) is 22.5 Å². The van der Waals surface area contributed by atoms with Gasteiger partial charge in [-0.2, -0.15) is 0 Å². The minimum atomic E-state index is 0.669. The zero-order chi connectivity index (χ0) is 17.8. The summed E-state index contributed by atoms with van der Waals surface area (Å²) >= 11 is 0. The lowest BCUT2D eigenvalue weighted by molar-refractivity contribution is -0.109. The molecule has 0 aliphatic rings. The third kappa shape index (κ3) is 3.31. The number of para-hydroxylation sites is 2. The van der Waals surface area contributed by atoms with Crippen LogP contribution in [0.1, 0.15) is 17.8 Å². The third-order valence-corrected chi connectivity index (χ3v) is 4.69. The van der Waals surface area contributed by atoms with Gasteiger partial charge in [-0.3, -0.25) is 4.79 Å². The van der Waals surface area contributed by atoms with E-state index in [0.717, 1.165) is 42.7 Å². The summed E-state index contributed by atoms with van der Waals surface area (Å²) in [4.78, 5) is 15.3. The zero-order valence-corrected chi connectivity index (χ0v) is 14.6. The number of carbonyl (C=O) groups is 1. The maximum absolute atomic E-state index is 10.4. The predicted molar refractivity (Wildman–Crippen MR) is 105 cm³/mol. The number of carbonyl (C=O) groups excluding carboxylic acids is 1. The van der Waals surface area contributed by atoms with E-state index >= 15 is 0 Å². The number of nitrogens with one attached hydrogen (secondary N) is 1. The van der Waals surface area contributed by atoms with Crippen LogP contribution < -0.4 is 5.32 Å². The first-order valence-corrected chi connectivity index (χ1v) is 8.94. The molecule has 3 aromatic carbocycles. The highest BCUT2D eigenvalue weighted by Gasteiger charge is 2.11. The van der Waals surface area contributed by atoms with Gasteiger partial charge in [0.2, 0.25) is 6.41 Å². The number of aromatic nitrogens is 2. The number of imidazole rings is 1. The molecule has 0 fully saturated rings. The normalized spacial score (nSPS) is 11.1. The lowest BCUT2D eigenvalue weighted by atomic mass is 10.1. The van der Waals surface area contributed by atoms with E-state index in [-0.39, 0.29) is 0 Å². The number of rotatable bonds is 7. The number of nitrogens with zero attached hydrogens (tertiary/aromatic N) is 2. The zero-order valence-electron chi connectivity index (χ0n) is 14.6. The van der Waals surface area contributed by atoms with Crippen LogP contribution in [0.4, 0.5) is 0 Å². The second-order valence-corrected chi connectivity index (χ2v) is 6.46. The molecule has 0 spiro atoms. The lowest BCUT2D eigenvalue weighted by Crippen LogP contribution is -2.14. The van der Waals surface area contributed by atoms with E-state index in [0.29, 0.717) is 6.54 Å². The Bertz CT molecular complexity index is 1050. The molecule has 1 amide bonds. The average Bonchev–Trinajstić information content (AvgIpc) is 3.03. The second-order valence-electron chi connectivity index (χ2n) is 6.46. The number of hydrogen-bond acceptors (Lipinski definition) is 2. The van der Waals surface area contributed by atoms with Gasteiger partial charge >= 0.3 is 0 Å². The Morgan fingerprint density at radius 2 is 1.77 bits per heavy atom. The predicted octanol–water partition coefficient (Wildman–Crippen LogP) is 3.92. The van der Waals surface area contributed by atoms with Gasteiger partial charge in [0.05, 0.1) is 11.0 Å². The quantitative estimate of drug-likeness (QED) is 0.408. The van der Waals surface area contributed by atoms with Crippen molar-refractivity contribution in [3.8, 4) is 0 Å². The molecule has 4 heteroatoms. The van der Waals surface area contributed by atoms with Gasteiger partial charge in [0.15, 0.2) is 0 Å². The first-order chi connectivity index (χ1) is 12.8. The number of hydrogen-bond donors (Lipinski definition) is 1. The molecule has 26 heavy (non-hydrogen) atoms. The maximum Gasteiger partial charge on any atom is 0.207 e. The number of benzene rings is 3. The molecule has 0 aliphatic heterocycles. The average molecular weight is 343 g/mol. The van der Waals surface area contributed by atoms with Crippen molar-refractivity contribution in [2.45, 2.75) is 19.4 Å². The second kappa shape index (κ2) is 7.40. The van der Waals surface area contributed by atoms with Gasteiger partial charge in [0.25, 0.3) is 0 Å². The Morgan fingerprint density at radius 3 is 2.65 bits per heavy atom. The van der Waals surface area contributed by atoms with E-state index < -0.39 is 0 Å². The largest absolute Gasteiger partial charge is 0.359 e. The Morgan fingerprint density at radius 1 is 0.962 bits per heavy atom. The molecule has 0 atom stereocenters. The molecule has 1 heterocycles. The van der Waals surface area contributed by atoms with Gasteiger partial charge in [-0.15, -0.1) is 0 Å². The minimum Gasteiger partial charge on any atom is -0.359 e. The Kier molecular flexibility index (Phi) is 4.65. The highest BCUT2D eigenvalue weighted by molar-refractivity contribution is 5.83. The maximum atomic E-state index is 10.4. The highest BCUT2D eigenvalue weighted by Crippen LogP contribution is 2.21. The fraction of sp³-hybridized carbons (Fsp3) is 0.182.